The molecular formula is C9H9ClFNO. The first kappa shape index (κ1) is 8.63. The van der Waals surface area contributed by atoms with Crippen LogP contribution in [-0.4, -0.2) is 6.10 Å². The molecule has 1 atom stereocenters. The van der Waals surface area contributed by atoms with Crippen molar-refractivity contribution < 1.29 is 9.13 Å². The van der Waals surface area contributed by atoms with Gasteiger partial charge in [-0.25, -0.2) is 4.39 Å². The molecule has 13 heavy (non-hydrogen) atoms. The summed E-state index contributed by atoms with van der Waals surface area (Å²) in [5.41, 5.74) is 6.40. The number of hydrogen-bond donors (Lipinski definition) is 1. The molecule has 4 heteroatoms. The Hall–Kier alpha value is -0.960. The quantitative estimate of drug-likeness (QED) is 0.655. The monoisotopic (exact) mass is 201 g/mol. The molecule has 2 N–H and O–H groups in total. The summed E-state index contributed by atoms with van der Waals surface area (Å²) >= 11 is 5.79. The van der Waals surface area contributed by atoms with E-state index in [0.717, 1.165) is 0 Å². The second-order valence-electron chi connectivity index (χ2n) is 3.19. The maximum absolute atomic E-state index is 13.1. The molecule has 70 valence electrons. The Morgan fingerprint density at radius 3 is 3.08 bits per heavy atom. The number of fused-ring (bicyclic) bond motifs is 1. The maximum Gasteiger partial charge on any atom is 0.148 e. The van der Waals surface area contributed by atoms with Crippen LogP contribution in [0.5, 0.6) is 5.75 Å². The molecule has 1 heterocycles. The maximum atomic E-state index is 13.1. The molecule has 0 aliphatic carbocycles. The summed E-state index contributed by atoms with van der Waals surface area (Å²) in [5.74, 6) is 0.0644. The van der Waals surface area contributed by atoms with Crippen LogP contribution in [0.4, 0.5) is 10.1 Å². The lowest BCUT2D eigenvalue weighted by Gasteiger charge is -2.05. The zero-order valence-electron chi connectivity index (χ0n) is 7.10. The minimum absolute atomic E-state index is 0.0246. The van der Waals surface area contributed by atoms with Gasteiger partial charge in [0.15, 0.2) is 0 Å². The number of hydrogen-bond acceptors (Lipinski definition) is 2. The first-order valence-corrected chi connectivity index (χ1v) is 4.40. The Kier molecular flexibility index (Phi) is 1.84. The summed E-state index contributed by atoms with van der Waals surface area (Å²) in [5, 5.41) is 0.297. The molecule has 1 aromatic carbocycles. The number of nitrogen functional groups attached to an aromatic ring is 1. The number of rotatable bonds is 0. The van der Waals surface area contributed by atoms with Gasteiger partial charge >= 0.3 is 0 Å². The van der Waals surface area contributed by atoms with Gasteiger partial charge in [-0.3, -0.25) is 0 Å². The van der Waals surface area contributed by atoms with Crippen molar-refractivity contribution in [3.63, 3.8) is 0 Å². The summed E-state index contributed by atoms with van der Waals surface area (Å²) in [4.78, 5) is 0. The number of benzene rings is 1. The van der Waals surface area contributed by atoms with Crippen molar-refractivity contribution in [2.24, 2.45) is 0 Å². The van der Waals surface area contributed by atoms with E-state index in [1.807, 2.05) is 6.92 Å². The van der Waals surface area contributed by atoms with Crippen LogP contribution in [-0.2, 0) is 6.42 Å². The van der Waals surface area contributed by atoms with Gasteiger partial charge in [0.2, 0.25) is 0 Å². The summed E-state index contributed by atoms with van der Waals surface area (Å²) in [6, 6.07) is 1.19. The minimum Gasteiger partial charge on any atom is -0.488 e. The summed E-state index contributed by atoms with van der Waals surface area (Å²) in [6.07, 6.45) is 0.648. The van der Waals surface area contributed by atoms with Crippen molar-refractivity contribution in [1.29, 1.82) is 0 Å². The molecule has 0 aromatic heterocycles. The molecule has 1 aliphatic heterocycles. The highest BCUT2D eigenvalue weighted by atomic mass is 35.5. The minimum atomic E-state index is -0.471. The van der Waals surface area contributed by atoms with Crippen LogP contribution in [0.15, 0.2) is 6.07 Å². The van der Waals surface area contributed by atoms with Crippen LogP contribution in [0.25, 0.3) is 0 Å². The molecule has 0 radical (unpaired) electrons. The highest BCUT2D eigenvalue weighted by Gasteiger charge is 2.26. The van der Waals surface area contributed by atoms with E-state index in [2.05, 4.69) is 0 Å². The van der Waals surface area contributed by atoms with Crippen LogP contribution in [0, 0.1) is 5.82 Å². The Morgan fingerprint density at radius 2 is 2.38 bits per heavy atom. The van der Waals surface area contributed by atoms with Crippen molar-refractivity contribution in [2.45, 2.75) is 19.4 Å². The molecule has 2 nitrogen and oxygen atoms in total. The molecule has 0 bridgehead atoms. The first-order chi connectivity index (χ1) is 6.09. The lowest BCUT2D eigenvalue weighted by Crippen LogP contribution is -2.05. The van der Waals surface area contributed by atoms with E-state index >= 15 is 0 Å². The first-order valence-electron chi connectivity index (χ1n) is 4.02. The molecule has 0 saturated heterocycles. The molecule has 2 rings (SSSR count). The van der Waals surface area contributed by atoms with Gasteiger partial charge in [-0.15, -0.1) is 0 Å². The van der Waals surface area contributed by atoms with E-state index in [1.165, 1.54) is 6.07 Å². The van der Waals surface area contributed by atoms with E-state index in [0.29, 0.717) is 22.8 Å². The van der Waals surface area contributed by atoms with Crippen molar-refractivity contribution in [3.8, 4) is 5.75 Å². The number of anilines is 1. The van der Waals surface area contributed by atoms with Gasteiger partial charge in [0, 0.05) is 12.0 Å². The van der Waals surface area contributed by atoms with Gasteiger partial charge < -0.3 is 10.5 Å². The van der Waals surface area contributed by atoms with Crippen molar-refractivity contribution in [3.05, 3.63) is 22.5 Å². The molecule has 0 fully saturated rings. The van der Waals surface area contributed by atoms with E-state index in [4.69, 9.17) is 22.1 Å². The fraction of sp³-hybridized carbons (Fsp3) is 0.333. The van der Waals surface area contributed by atoms with E-state index in [9.17, 15) is 4.39 Å². The smallest absolute Gasteiger partial charge is 0.148 e. The lowest BCUT2D eigenvalue weighted by molar-refractivity contribution is 0.255. The fourth-order valence-electron chi connectivity index (χ4n) is 1.53. The van der Waals surface area contributed by atoms with E-state index < -0.39 is 5.82 Å². The largest absolute Gasteiger partial charge is 0.488 e. The topological polar surface area (TPSA) is 35.2 Å². The number of nitrogens with two attached hydrogens (primary N) is 1. The molecular weight excluding hydrogens is 193 g/mol. The summed E-state index contributed by atoms with van der Waals surface area (Å²) in [7, 11) is 0. The standard InChI is InChI=1S/C9H9ClFNO/c1-4-2-5-8(12)7(11)3-6(10)9(5)13-4/h3-4H,2,12H2,1H3. The van der Waals surface area contributed by atoms with E-state index in [-0.39, 0.29) is 11.8 Å². The van der Waals surface area contributed by atoms with Crippen LogP contribution >= 0.6 is 11.6 Å². The Morgan fingerprint density at radius 1 is 1.69 bits per heavy atom. The normalized spacial score (nSPS) is 19.8. The summed E-state index contributed by atoms with van der Waals surface area (Å²) in [6.45, 7) is 1.90. The molecule has 1 aromatic rings. The van der Waals surface area contributed by atoms with Crippen molar-refractivity contribution in [2.75, 3.05) is 5.73 Å². The SMILES string of the molecule is CC1Cc2c(N)c(F)cc(Cl)c2O1. The second kappa shape index (κ2) is 2.77. The van der Waals surface area contributed by atoms with Crippen molar-refractivity contribution in [1.82, 2.24) is 0 Å². The fourth-order valence-corrected chi connectivity index (χ4v) is 1.78. The van der Waals surface area contributed by atoms with E-state index in [1.54, 1.807) is 0 Å². The van der Waals surface area contributed by atoms with Crippen LogP contribution in [0.3, 0.4) is 0 Å². The Labute approximate surface area is 80.4 Å². The third-order valence-electron chi connectivity index (χ3n) is 2.14. The van der Waals surface area contributed by atoms with Crippen LogP contribution < -0.4 is 10.5 Å². The average Bonchev–Trinajstić information content (AvgIpc) is 2.44. The number of halogens is 2. The number of ether oxygens (including phenoxy) is 1. The van der Waals surface area contributed by atoms with Crippen LogP contribution in [0.2, 0.25) is 5.02 Å². The molecule has 0 amide bonds. The lowest BCUT2D eigenvalue weighted by atomic mass is 10.1. The second-order valence-corrected chi connectivity index (χ2v) is 3.60. The third kappa shape index (κ3) is 1.23. The van der Waals surface area contributed by atoms with Gasteiger partial charge in [0.05, 0.1) is 10.7 Å². The molecule has 0 spiro atoms. The van der Waals surface area contributed by atoms with Gasteiger partial charge in [-0.05, 0) is 13.0 Å². The highest BCUT2D eigenvalue weighted by Crippen LogP contribution is 2.40. The Balaban J connectivity index is 2.62. The highest BCUT2D eigenvalue weighted by molar-refractivity contribution is 6.32. The molecule has 0 saturated carbocycles. The Bertz CT molecular complexity index is 367. The predicted octanol–water partition coefficient (Wildman–Crippen LogP) is 2.38. The molecule has 1 unspecified atom stereocenters. The zero-order chi connectivity index (χ0) is 9.59. The van der Waals surface area contributed by atoms with Gasteiger partial charge in [-0.1, -0.05) is 11.6 Å². The van der Waals surface area contributed by atoms with Gasteiger partial charge in [-0.2, -0.15) is 0 Å². The van der Waals surface area contributed by atoms with Crippen LogP contribution in [0.1, 0.15) is 12.5 Å². The average molecular weight is 202 g/mol. The predicted molar refractivity (Wildman–Crippen MR) is 49.6 cm³/mol. The summed E-state index contributed by atoms with van der Waals surface area (Å²) < 4.78 is 18.5. The molecule has 1 aliphatic rings. The van der Waals surface area contributed by atoms with Gasteiger partial charge in [0.1, 0.15) is 17.7 Å². The van der Waals surface area contributed by atoms with Crippen molar-refractivity contribution >= 4 is 17.3 Å². The third-order valence-corrected chi connectivity index (χ3v) is 2.42. The zero-order valence-corrected chi connectivity index (χ0v) is 7.86. The van der Waals surface area contributed by atoms with Gasteiger partial charge in [0.25, 0.3) is 0 Å².